The van der Waals surface area contributed by atoms with Gasteiger partial charge in [-0.05, 0) is 90.4 Å². The Hall–Kier alpha value is -2.24. The maximum absolute atomic E-state index is 13.0. The Morgan fingerprint density at radius 1 is 1.14 bits per heavy atom. The Bertz CT molecular complexity index is 1200. The molecule has 2 fully saturated rings. The molecule has 2 heterocycles. The molecule has 190 valence electrons. The maximum atomic E-state index is 13.0. The number of carbonyl (C=O) groups is 3. The van der Waals surface area contributed by atoms with E-state index >= 15 is 0 Å². The van der Waals surface area contributed by atoms with Crippen molar-refractivity contribution in [2.24, 2.45) is 0 Å². The molecule has 0 saturated carbocycles. The van der Waals surface area contributed by atoms with Crippen molar-refractivity contribution in [1.29, 1.82) is 0 Å². The monoisotopic (exact) mass is 640 g/mol. The third-order valence-electron chi connectivity index (χ3n) is 5.84. The van der Waals surface area contributed by atoms with Crippen LogP contribution >= 0.6 is 46.0 Å². The van der Waals surface area contributed by atoms with E-state index in [2.05, 4.69) is 22.6 Å². The van der Waals surface area contributed by atoms with E-state index in [-0.39, 0.29) is 24.0 Å². The summed E-state index contributed by atoms with van der Waals surface area (Å²) >= 11 is 9.25. The van der Waals surface area contributed by atoms with E-state index in [1.54, 1.807) is 17.0 Å². The maximum Gasteiger partial charge on any atom is 0.294 e. The van der Waals surface area contributed by atoms with Gasteiger partial charge in [-0.25, -0.2) is 0 Å². The second kappa shape index (κ2) is 12.3. The van der Waals surface area contributed by atoms with Crippen LogP contribution in [0.1, 0.15) is 37.3 Å². The van der Waals surface area contributed by atoms with Crippen LogP contribution in [0, 0.1) is 3.57 Å². The van der Waals surface area contributed by atoms with E-state index in [0.717, 1.165) is 45.1 Å². The molecule has 7 nitrogen and oxygen atoms in total. The quantitative estimate of drug-likeness (QED) is 0.262. The van der Waals surface area contributed by atoms with Gasteiger partial charge in [0.25, 0.3) is 11.1 Å². The Balaban J connectivity index is 1.51. The van der Waals surface area contributed by atoms with E-state index < -0.39 is 11.1 Å². The first kappa shape index (κ1) is 26.8. The molecule has 0 aromatic heterocycles. The summed E-state index contributed by atoms with van der Waals surface area (Å²) in [5.41, 5.74) is 1.55. The summed E-state index contributed by atoms with van der Waals surface area (Å²) in [5.74, 6) is 0.464. The van der Waals surface area contributed by atoms with Crippen molar-refractivity contribution in [2.75, 3.05) is 26.2 Å². The Morgan fingerprint density at radius 3 is 2.61 bits per heavy atom. The molecule has 2 aliphatic rings. The van der Waals surface area contributed by atoms with Crippen LogP contribution in [0.25, 0.3) is 6.08 Å². The molecule has 0 atom stereocenters. The zero-order chi connectivity index (χ0) is 25.7. The number of imide groups is 1. The van der Waals surface area contributed by atoms with Gasteiger partial charge in [0.05, 0.1) is 15.1 Å². The molecule has 0 spiro atoms. The second-order valence-electron chi connectivity index (χ2n) is 8.35. The first-order valence-corrected chi connectivity index (χ1v) is 14.0. The average molecular weight is 641 g/mol. The summed E-state index contributed by atoms with van der Waals surface area (Å²) in [5, 5.41) is 0.188. The smallest absolute Gasteiger partial charge is 0.294 e. The van der Waals surface area contributed by atoms with Crippen LogP contribution in [0.3, 0.4) is 0 Å². The van der Waals surface area contributed by atoms with Crippen LogP contribution in [0.15, 0.2) is 41.3 Å². The number of piperidine rings is 1. The SMILES string of the molecule is CCOc1cc(/C=C2/SC(=O)N(CC(=O)N3CCCCC3)C2=O)cc(I)c1OCc1ccccc1Cl. The lowest BCUT2D eigenvalue weighted by atomic mass is 10.1. The minimum atomic E-state index is -0.456. The van der Waals surface area contributed by atoms with Crippen molar-refractivity contribution in [3.63, 3.8) is 0 Å². The molecule has 10 heteroatoms. The van der Waals surface area contributed by atoms with E-state index in [0.29, 0.717) is 41.8 Å². The van der Waals surface area contributed by atoms with E-state index in [9.17, 15) is 14.4 Å². The molecular formula is C26H26ClIN2O5S. The summed E-state index contributed by atoms with van der Waals surface area (Å²) in [7, 11) is 0. The van der Waals surface area contributed by atoms with E-state index in [1.807, 2.05) is 37.3 Å². The van der Waals surface area contributed by atoms with Crippen LogP contribution in [0.2, 0.25) is 5.02 Å². The topological polar surface area (TPSA) is 76.2 Å². The van der Waals surface area contributed by atoms with Crippen molar-refractivity contribution in [2.45, 2.75) is 32.8 Å². The predicted octanol–water partition coefficient (Wildman–Crippen LogP) is 5.97. The number of hydrogen-bond acceptors (Lipinski definition) is 6. The summed E-state index contributed by atoms with van der Waals surface area (Å²) < 4.78 is 12.7. The standard InChI is InChI=1S/C26H26ClIN2O5S/c1-2-34-21-13-17(12-20(28)24(21)35-16-18-8-4-5-9-19(18)27)14-22-25(32)30(26(33)36-22)15-23(31)29-10-6-3-7-11-29/h4-5,8-9,12-14H,2-3,6-7,10-11,15-16H2,1H3/b22-14+. The number of hydrogen-bond donors (Lipinski definition) is 0. The van der Waals surface area contributed by atoms with Crippen LogP contribution < -0.4 is 9.47 Å². The zero-order valence-electron chi connectivity index (χ0n) is 19.8. The van der Waals surface area contributed by atoms with Gasteiger partial charge >= 0.3 is 0 Å². The van der Waals surface area contributed by atoms with Crippen molar-refractivity contribution in [1.82, 2.24) is 9.80 Å². The first-order chi connectivity index (χ1) is 17.4. The number of carbonyl (C=O) groups excluding carboxylic acids is 3. The lowest BCUT2D eigenvalue weighted by molar-refractivity contribution is -0.136. The summed E-state index contributed by atoms with van der Waals surface area (Å²) in [6.45, 7) is 3.71. The molecule has 2 aromatic rings. The van der Waals surface area contributed by atoms with E-state index in [1.165, 1.54) is 0 Å². The normalized spacial score (nSPS) is 17.1. The summed E-state index contributed by atoms with van der Waals surface area (Å²) in [4.78, 5) is 41.1. The lowest BCUT2D eigenvalue weighted by Crippen LogP contribution is -2.44. The molecule has 0 radical (unpaired) electrons. The van der Waals surface area contributed by atoms with E-state index in [4.69, 9.17) is 21.1 Å². The number of thioether (sulfide) groups is 1. The highest BCUT2D eigenvalue weighted by Gasteiger charge is 2.37. The number of benzene rings is 2. The van der Waals surface area contributed by atoms with Gasteiger partial charge in [0, 0.05) is 23.7 Å². The third-order valence-corrected chi connectivity index (χ3v) is 7.91. The fraction of sp³-hybridized carbons (Fsp3) is 0.346. The van der Waals surface area contributed by atoms with Gasteiger partial charge in [0.2, 0.25) is 5.91 Å². The third kappa shape index (κ3) is 6.36. The Kier molecular flexibility index (Phi) is 9.19. The molecule has 0 N–H and O–H groups in total. The predicted molar refractivity (Wildman–Crippen MR) is 149 cm³/mol. The molecule has 0 bridgehead atoms. The number of halogens is 2. The molecule has 2 saturated heterocycles. The molecular weight excluding hydrogens is 615 g/mol. The summed E-state index contributed by atoms with van der Waals surface area (Å²) in [6.07, 6.45) is 4.65. The van der Waals surface area contributed by atoms with Gasteiger partial charge < -0.3 is 14.4 Å². The van der Waals surface area contributed by atoms with Gasteiger partial charge in [-0.3, -0.25) is 19.3 Å². The molecule has 4 rings (SSSR count). The number of amides is 3. The fourth-order valence-corrected chi connectivity index (χ4v) is 5.82. The van der Waals surface area contributed by atoms with Crippen LogP contribution in [0.5, 0.6) is 11.5 Å². The highest BCUT2D eigenvalue weighted by atomic mass is 127. The number of ether oxygens (including phenoxy) is 2. The van der Waals surface area contributed by atoms with Gasteiger partial charge in [0.15, 0.2) is 11.5 Å². The van der Waals surface area contributed by atoms with Gasteiger partial charge in [-0.15, -0.1) is 0 Å². The van der Waals surface area contributed by atoms with Gasteiger partial charge in [0.1, 0.15) is 13.2 Å². The largest absolute Gasteiger partial charge is 0.490 e. The number of rotatable bonds is 8. The summed E-state index contributed by atoms with van der Waals surface area (Å²) in [6, 6.07) is 11.1. The van der Waals surface area contributed by atoms with Crippen molar-refractivity contribution >= 4 is 69.1 Å². The zero-order valence-corrected chi connectivity index (χ0v) is 23.5. The van der Waals surface area contributed by atoms with Crippen LogP contribution in [-0.2, 0) is 16.2 Å². The average Bonchev–Trinajstić information content (AvgIpc) is 3.12. The number of likely N-dealkylation sites (tertiary alicyclic amines) is 1. The fourth-order valence-electron chi connectivity index (χ4n) is 4.01. The van der Waals surface area contributed by atoms with Gasteiger partial charge in [-0.2, -0.15) is 0 Å². The Labute approximate surface area is 233 Å². The van der Waals surface area contributed by atoms with Crippen molar-refractivity contribution < 1.29 is 23.9 Å². The highest BCUT2D eigenvalue weighted by Crippen LogP contribution is 2.38. The second-order valence-corrected chi connectivity index (χ2v) is 10.9. The molecule has 3 amide bonds. The van der Waals surface area contributed by atoms with Crippen LogP contribution in [-0.4, -0.2) is 53.1 Å². The molecule has 36 heavy (non-hydrogen) atoms. The van der Waals surface area contributed by atoms with Gasteiger partial charge in [-0.1, -0.05) is 29.8 Å². The van der Waals surface area contributed by atoms with Crippen LogP contribution in [0.4, 0.5) is 4.79 Å². The molecule has 2 aliphatic heterocycles. The minimum Gasteiger partial charge on any atom is -0.490 e. The van der Waals surface area contributed by atoms with Crippen molar-refractivity contribution in [3.05, 3.63) is 61.0 Å². The van der Waals surface area contributed by atoms with Crippen molar-refractivity contribution in [3.8, 4) is 11.5 Å². The lowest BCUT2D eigenvalue weighted by Gasteiger charge is -2.27. The minimum absolute atomic E-state index is 0.188. The highest BCUT2D eigenvalue weighted by molar-refractivity contribution is 14.1. The molecule has 2 aromatic carbocycles. The molecule has 0 unspecified atom stereocenters. The first-order valence-electron chi connectivity index (χ1n) is 11.7. The molecule has 0 aliphatic carbocycles. The Morgan fingerprint density at radius 2 is 1.89 bits per heavy atom. The number of nitrogens with zero attached hydrogens (tertiary/aromatic N) is 2.